The molecule has 0 unspecified atom stereocenters. The van der Waals surface area contributed by atoms with Gasteiger partial charge in [-0.2, -0.15) is 0 Å². The molecule has 5 heteroatoms. The molecule has 17 heavy (non-hydrogen) atoms. The maximum atomic E-state index is 11.7. The fraction of sp³-hybridized carbons (Fsp3) is 0.333. The van der Waals surface area contributed by atoms with Crippen molar-refractivity contribution in [3.63, 3.8) is 0 Å². The van der Waals surface area contributed by atoms with E-state index >= 15 is 0 Å². The average molecular weight is 234 g/mol. The van der Waals surface area contributed by atoms with E-state index in [1.165, 1.54) is 10.5 Å². The minimum Gasteiger partial charge on any atom is -0.370 e. The van der Waals surface area contributed by atoms with Crippen molar-refractivity contribution < 1.29 is 4.79 Å². The molecular formula is C12H18N4O. The van der Waals surface area contributed by atoms with Crippen LogP contribution in [0.15, 0.2) is 18.2 Å². The molecule has 1 aromatic rings. The number of aryl methyl sites for hydroxylation is 2. The van der Waals surface area contributed by atoms with Gasteiger partial charge in [-0.15, -0.1) is 0 Å². The molecule has 2 amide bonds. The van der Waals surface area contributed by atoms with Gasteiger partial charge in [-0.3, -0.25) is 15.6 Å². The number of amides is 2. The topological polar surface area (TPSA) is 82.2 Å². The number of rotatable bonds is 2. The smallest absolute Gasteiger partial charge is 0.328 e. The molecule has 92 valence electrons. The lowest BCUT2D eigenvalue weighted by molar-refractivity contribution is 0.251. The summed E-state index contributed by atoms with van der Waals surface area (Å²) in [6.45, 7) is 4.03. The van der Waals surface area contributed by atoms with Gasteiger partial charge in [-0.05, 0) is 30.5 Å². The quantitative estimate of drug-likeness (QED) is 0.536. The molecule has 4 N–H and O–H groups in total. The molecule has 0 spiro atoms. The van der Waals surface area contributed by atoms with Crippen molar-refractivity contribution in [1.29, 1.82) is 5.41 Å². The number of nitrogens with one attached hydrogen (secondary N) is 2. The summed E-state index contributed by atoms with van der Waals surface area (Å²) in [6.07, 6.45) is 0.963. The Balaban J connectivity index is 2.92. The molecule has 0 atom stereocenters. The molecule has 0 heterocycles. The van der Waals surface area contributed by atoms with E-state index in [1.807, 2.05) is 25.1 Å². The highest BCUT2D eigenvalue weighted by Gasteiger charge is 2.13. The monoisotopic (exact) mass is 234 g/mol. The normalized spacial score (nSPS) is 9.82. The summed E-state index contributed by atoms with van der Waals surface area (Å²) < 4.78 is 0. The van der Waals surface area contributed by atoms with Crippen LogP contribution in [0.3, 0.4) is 0 Å². The highest BCUT2D eigenvalue weighted by Crippen LogP contribution is 2.20. The number of hydrogen-bond donors (Lipinski definition) is 3. The molecule has 0 aromatic heterocycles. The van der Waals surface area contributed by atoms with Gasteiger partial charge in [-0.1, -0.05) is 19.1 Å². The predicted molar refractivity (Wildman–Crippen MR) is 69.4 cm³/mol. The Labute approximate surface area is 101 Å². The Morgan fingerprint density at radius 1 is 1.53 bits per heavy atom. The third kappa shape index (κ3) is 3.21. The lowest BCUT2D eigenvalue weighted by Crippen LogP contribution is -2.44. The van der Waals surface area contributed by atoms with Crippen LogP contribution in [0.1, 0.15) is 18.1 Å². The Hall–Kier alpha value is -2.04. The summed E-state index contributed by atoms with van der Waals surface area (Å²) in [7, 11) is 1.65. The molecule has 0 radical (unpaired) electrons. The van der Waals surface area contributed by atoms with E-state index in [9.17, 15) is 4.79 Å². The first-order valence-corrected chi connectivity index (χ1v) is 5.44. The highest BCUT2D eigenvalue weighted by molar-refractivity contribution is 6.02. The summed E-state index contributed by atoms with van der Waals surface area (Å²) in [6, 6.07) is 5.52. The van der Waals surface area contributed by atoms with Crippen molar-refractivity contribution in [2.75, 3.05) is 11.9 Å². The number of nitrogens with zero attached hydrogens (tertiary/aromatic N) is 1. The minimum absolute atomic E-state index is 0.357. The van der Waals surface area contributed by atoms with Gasteiger partial charge in [0.15, 0.2) is 5.96 Å². The van der Waals surface area contributed by atoms with Gasteiger partial charge in [0.2, 0.25) is 0 Å². The molecular weight excluding hydrogens is 216 g/mol. The SMILES string of the molecule is CCc1ccc(N(C)C(=O)NC(=N)N)c(C)c1. The van der Waals surface area contributed by atoms with Crippen LogP contribution in [0.4, 0.5) is 10.5 Å². The number of benzene rings is 1. The number of nitrogens with two attached hydrogens (primary N) is 1. The number of urea groups is 1. The van der Waals surface area contributed by atoms with Gasteiger partial charge < -0.3 is 5.73 Å². The van der Waals surface area contributed by atoms with E-state index in [2.05, 4.69) is 12.2 Å². The third-order valence-electron chi connectivity index (χ3n) is 2.58. The second-order valence-electron chi connectivity index (χ2n) is 3.88. The number of carbonyl (C=O) groups excluding carboxylic acids is 1. The van der Waals surface area contributed by atoms with E-state index < -0.39 is 6.03 Å². The van der Waals surface area contributed by atoms with Crippen LogP contribution < -0.4 is 16.0 Å². The largest absolute Gasteiger partial charge is 0.370 e. The van der Waals surface area contributed by atoms with Gasteiger partial charge in [0.25, 0.3) is 0 Å². The summed E-state index contributed by atoms with van der Waals surface area (Å²) in [4.78, 5) is 13.1. The number of carbonyl (C=O) groups is 1. The lowest BCUT2D eigenvalue weighted by atomic mass is 10.1. The molecule has 0 fully saturated rings. The molecule has 0 bridgehead atoms. The van der Waals surface area contributed by atoms with Crippen molar-refractivity contribution in [2.24, 2.45) is 5.73 Å². The molecule has 0 aliphatic rings. The maximum Gasteiger partial charge on any atom is 0.328 e. The van der Waals surface area contributed by atoms with Crippen molar-refractivity contribution in [3.8, 4) is 0 Å². The van der Waals surface area contributed by atoms with Crippen LogP contribution in [0.25, 0.3) is 0 Å². The molecule has 1 rings (SSSR count). The molecule has 0 aliphatic carbocycles. The van der Waals surface area contributed by atoms with Crippen LogP contribution >= 0.6 is 0 Å². The first-order valence-electron chi connectivity index (χ1n) is 5.44. The summed E-state index contributed by atoms with van der Waals surface area (Å²) in [5, 5.41) is 9.26. The number of hydrogen-bond acceptors (Lipinski definition) is 2. The highest BCUT2D eigenvalue weighted by atomic mass is 16.2. The zero-order chi connectivity index (χ0) is 13.0. The lowest BCUT2D eigenvalue weighted by Gasteiger charge is -2.20. The van der Waals surface area contributed by atoms with Crippen molar-refractivity contribution >= 4 is 17.7 Å². The van der Waals surface area contributed by atoms with E-state index in [4.69, 9.17) is 11.1 Å². The fourth-order valence-corrected chi connectivity index (χ4v) is 1.62. The Bertz CT molecular complexity index is 442. The fourth-order valence-electron chi connectivity index (χ4n) is 1.62. The van der Waals surface area contributed by atoms with E-state index in [-0.39, 0.29) is 5.96 Å². The number of guanidine groups is 1. The van der Waals surface area contributed by atoms with Gasteiger partial charge in [0.05, 0.1) is 0 Å². The van der Waals surface area contributed by atoms with E-state index in [0.717, 1.165) is 17.7 Å². The minimum atomic E-state index is -0.412. The maximum absolute atomic E-state index is 11.7. The zero-order valence-electron chi connectivity index (χ0n) is 10.4. The first-order chi connectivity index (χ1) is 7.95. The molecule has 5 nitrogen and oxygen atoms in total. The number of anilines is 1. The molecule has 0 aliphatic heterocycles. The summed E-state index contributed by atoms with van der Waals surface area (Å²) >= 11 is 0. The van der Waals surface area contributed by atoms with Crippen LogP contribution in [0, 0.1) is 12.3 Å². The molecule has 0 saturated carbocycles. The van der Waals surface area contributed by atoms with E-state index in [1.54, 1.807) is 7.05 Å². The van der Waals surface area contributed by atoms with Crippen LogP contribution in [0.5, 0.6) is 0 Å². The van der Waals surface area contributed by atoms with Crippen LogP contribution in [0.2, 0.25) is 0 Å². The standard InChI is InChI=1S/C12H18N4O/c1-4-9-5-6-10(8(2)7-9)16(3)12(17)15-11(13)14/h5-7H,4H2,1-3H3,(H4,13,14,15,17). The average Bonchev–Trinajstić information content (AvgIpc) is 2.27. The van der Waals surface area contributed by atoms with Crippen molar-refractivity contribution in [2.45, 2.75) is 20.3 Å². The van der Waals surface area contributed by atoms with Gasteiger partial charge in [0, 0.05) is 12.7 Å². The van der Waals surface area contributed by atoms with Crippen molar-refractivity contribution in [3.05, 3.63) is 29.3 Å². The third-order valence-corrected chi connectivity index (χ3v) is 2.58. The summed E-state index contributed by atoms with van der Waals surface area (Å²) in [5.74, 6) is -0.357. The van der Waals surface area contributed by atoms with Gasteiger partial charge in [-0.25, -0.2) is 4.79 Å². The van der Waals surface area contributed by atoms with Crippen LogP contribution in [-0.4, -0.2) is 19.0 Å². The molecule has 1 aromatic carbocycles. The predicted octanol–water partition coefficient (Wildman–Crippen LogP) is 1.60. The van der Waals surface area contributed by atoms with Gasteiger partial charge >= 0.3 is 6.03 Å². The van der Waals surface area contributed by atoms with Gasteiger partial charge in [0.1, 0.15) is 0 Å². The first kappa shape index (κ1) is 13.0. The second-order valence-corrected chi connectivity index (χ2v) is 3.88. The summed E-state index contributed by atoms with van der Waals surface area (Å²) in [5.41, 5.74) is 8.17. The Morgan fingerprint density at radius 3 is 2.65 bits per heavy atom. The van der Waals surface area contributed by atoms with Crippen LogP contribution in [-0.2, 0) is 6.42 Å². The van der Waals surface area contributed by atoms with E-state index in [0.29, 0.717) is 0 Å². The Kier molecular flexibility index (Phi) is 4.09. The molecule has 0 saturated heterocycles. The Morgan fingerprint density at radius 2 is 2.18 bits per heavy atom. The second kappa shape index (κ2) is 5.34. The van der Waals surface area contributed by atoms with Crippen molar-refractivity contribution in [1.82, 2.24) is 5.32 Å². The zero-order valence-corrected chi connectivity index (χ0v) is 10.4.